The van der Waals surface area contributed by atoms with E-state index < -0.39 is 12.5 Å². The molecule has 124 valence electrons. The lowest BCUT2D eigenvalue weighted by molar-refractivity contribution is 0.463. The number of aromatic nitrogens is 1. The molecule has 1 heterocycles. The molecule has 3 rings (SSSR count). The van der Waals surface area contributed by atoms with Gasteiger partial charge < -0.3 is 4.52 Å². The van der Waals surface area contributed by atoms with E-state index >= 15 is 0 Å². The van der Waals surface area contributed by atoms with Crippen LogP contribution in [0.15, 0.2) is 60.7 Å². The summed E-state index contributed by atoms with van der Waals surface area (Å²) in [6, 6.07) is 19.2. The summed E-state index contributed by atoms with van der Waals surface area (Å²) in [6.45, 7) is 7.79. The molecular formula is C20H22NO2P. The van der Waals surface area contributed by atoms with E-state index in [4.69, 9.17) is 4.52 Å². The summed E-state index contributed by atoms with van der Waals surface area (Å²) in [5, 5.41) is 1.18. The lowest BCUT2D eigenvalue weighted by Gasteiger charge is -2.31. The van der Waals surface area contributed by atoms with Gasteiger partial charge in [0.15, 0.2) is 5.75 Å². The van der Waals surface area contributed by atoms with Crippen molar-refractivity contribution in [1.29, 1.82) is 0 Å². The number of rotatable bonds is 3. The third kappa shape index (κ3) is 2.97. The van der Waals surface area contributed by atoms with Crippen LogP contribution in [0.5, 0.6) is 5.75 Å². The van der Waals surface area contributed by atoms with Crippen LogP contribution in [0.2, 0.25) is 0 Å². The predicted molar refractivity (Wildman–Crippen MR) is 101 cm³/mol. The van der Waals surface area contributed by atoms with E-state index in [9.17, 15) is 4.57 Å². The minimum atomic E-state index is -3.14. The topological polar surface area (TPSA) is 39.2 Å². The van der Waals surface area contributed by atoms with E-state index in [1.165, 1.54) is 0 Å². The van der Waals surface area contributed by atoms with Gasteiger partial charge in [0.1, 0.15) is 5.52 Å². The van der Waals surface area contributed by atoms with Crippen molar-refractivity contribution in [3.05, 3.63) is 66.4 Å². The van der Waals surface area contributed by atoms with E-state index in [1.54, 1.807) is 0 Å². The Morgan fingerprint density at radius 3 is 2.29 bits per heavy atom. The van der Waals surface area contributed by atoms with Gasteiger partial charge in [-0.15, -0.1) is 0 Å². The quantitative estimate of drug-likeness (QED) is 0.606. The molecule has 0 radical (unpaired) electrons. The smallest absolute Gasteiger partial charge is 0.282 e. The summed E-state index contributed by atoms with van der Waals surface area (Å²) in [5.74, 6) is 0.568. The fourth-order valence-corrected chi connectivity index (χ4v) is 4.77. The Balaban J connectivity index is 2.17. The highest BCUT2D eigenvalue weighted by Gasteiger charge is 2.41. The molecule has 0 bridgehead atoms. The number of nitrogens with zero attached hydrogens (tertiary/aromatic N) is 1. The number of hydrogen-bond acceptors (Lipinski definition) is 3. The van der Waals surface area contributed by atoms with E-state index in [0.29, 0.717) is 5.75 Å². The summed E-state index contributed by atoms with van der Waals surface area (Å²) >= 11 is 0. The van der Waals surface area contributed by atoms with Crippen molar-refractivity contribution in [3.63, 3.8) is 0 Å². The molecule has 0 saturated heterocycles. The zero-order valence-corrected chi connectivity index (χ0v) is 15.4. The molecular weight excluding hydrogens is 317 g/mol. The van der Waals surface area contributed by atoms with E-state index in [2.05, 4.69) is 4.98 Å². The molecule has 0 aliphatic carbocycles. The van der Waals surface area contributed by atoms with Gasteiger partial charge in [-0.2, -0.15) is 0 Å². The first-order chi connectivity index (χ1) is 11.3. The second-order valence-corrected chi connectivity index (χ2v) is 10.1. The molecule has 0 aliphatic rings. The zero-order valence-electron chi connectivity index (χ0n) is 14.5. The van der Waals surface area contributed by atoms with Crippen LogP contribution in [0.3, 0.4) is 0 Å². The number of hydrogen-bond donors (Lipinski definition) is 0. The van der Waals surface area contributed by atoms with Crippen molar-refractivity contribution in [2.75, 3.05) is 0 Å². The second-order valence-electron chi connectivity index (χ2n) is 6.93. The number of pyridine rings is 1. The maximum atomic E-state index is 13.9. The molecule has 0 N–H and O–H groups in total. The van der Waals surface area contributed by atoms with Gasteiger partial charge in [-0.1, -0.05) is 36.4 Å². The Morgan fingerprint density at radius 2 is 1.62 bits per heavy atom. The van der Waals surface area contributed by atoms with E-state index in [0.717, 1.165) is 21.9 Å². The SMILES string of the molecule is Cc1ccc2cccc(OP(=O)(c3ccccc3)C(C)(C)C)c2n1. The van der Waals surface area contributed by atoms with Crippen molar-refractivity contribution in [1.82, 2.24) is 4.98 Å². The molecule has 24 heavy (non-hydrogen) atoms. The molecule has 1 unspecified atom stereocenters. The summed E-state index contributed by atoms with van der Waals surface area (Å²) in [7, 11) is -3.14. The van der Waals surface area contributed by atoms with Crippen LogP contribution in [-0.4, -0.2) is 10.1 Å². The average Bonchev–Trinajstić information content (AvgIpc) is 2.55. The first-order valence-corrected chi connectivity index (χ1v) is 9.65. The second kappa shape index (κ2) is 6.07. The minimum absolute atomic E-state index is 0.527. The van der Waals surface area contributed by atoms with Crippen LogP contribution >= 0.6 is 7.37 Å². The summed E-state index contributed by atoms with van der Waals surface area (Å²) < 4.78 is 20.1. The third-order valence-electron chi connectivity index (χ3n) is 4.03. The van der Waals surface area contributed by atoms with Gasteiger partial charge >= 0.3 is 0 Å². The lowest BCUT2D eigenvalue weighted by Crippen LogP contribution is -2.26. The predicted octanol–water partition coefficient (Wildman–Crippen LogP) is 5.32. The Morgan fingerprint density at radius 1 is 0.917 bits per heavy atom. The first-order valence-electron chi connectivity index (χ1n) is 8.03. The van der Waals surface area contributed by atoms with Gasteiger partial charge in [-0.3, -0.25) is 4.57 Å². The maximum Gasteiger partial charge on any atom is 0.282 e. The first kappa shape index (κ1) is 16.7. The normalized spacial score (nSPS) is 14.3. The van der Waals surface area contributed by atoms with E-state index in [1.807, 2.05) is 88.4 Å². The highest BCUT2D eigenvalue weighted by atomic mass is 31.2. The third-order valence-corrected chi connectivity index (χ3v) is 7.23. The van der Waals surface area contributed by atoms with Crippen molar-refractivity contribution < 1.29 is 9.09 Å². The highest BCUT2D eigenvalue weighted by molar-refractivity contribution is 7.68. The number of para-hydroxylation sites is 1. The van der Waals surface area contributed by atoms with Crippen molar-refractivity contribution in [3.8, 4) is 5.75 Å². The summed E-state index contributed by atoms with van der Waals surface area (Å²) in [4.78, 5) is 4.59. The standard InChI is InChI=1S/C20H22NO2P/c1-15-13-14-16-9-8-12-18(19(16)21-15)23-24(22,20(2,3)4)17-10-6-5-7-11-17/h5-14H,1-4H3. The zero-order chi connectivity index (χ0) is 17.4. The van der Waals surface area contributed by atoms with Gasteiger partial charge in [0, 0.05) is 16.4 Å². The molecule has 0 spiro atoms. The molecule has 1 aromatic heterocycles. The Bertz CT molecular complexity index is 914. The van der Waals surface area contributed by atoms with Crippen LogP contribution < -0.4 is 9.83 Å². The Hall–Kier alpha value is -2.12. The van der Waals surface area contributed by atoms with Crippen LogP contribution in [0.1, 0.15) is 26.5 Å². The van der Waals surface area contributed by atoms with Gasteiger partial charge in [0.2, 0.25) is 0 Å². The van der Waals surface area contributed by atoms with Gasteiger partial charge in [-0.25, -0.2) is 4.98 Å². The number of benzene rings is 2. The number of aryl methyl sites for hydroxylation is 1. The highest BCUT2D eigenvalue weighted by Crippen LogP contribution is 2.57. The maximum absolute atomic E-state index is 13.9. The molecule has 3 nitrogen and oxygen atoms in total. The molecule has 0 amide bonds. The largest absolute Gasteiger partial charge is 0.437 e. The van der Waals surface area contributed by atoms with E-state index in [-0.39, 0.29) is 0 Å². The lowest BCUT2D eigenvalue weighted by atomic mass is 10.2. The van der Waals surface area contributed by atoms with Crippen LogP contribution in [0, 0.1) is 6.92 Å². The Kier molecular flexibility index (Phi) is 4.23. The molecule has 1 atom stereocenters. The molecule has 3 aromatic rings. The molecule has 0 saturated carbocycles. The van der Waals surface area contributed by atoms with Crippen molar-refractivity contribution in [2.24, 2.45) is 0 Å². The van der Waals surface area contributed by atoms with Gasteiger partial charge in [0.05, 0.1) is 5.16 Å². The fourth-order valence-electron chi connectivity index (χ4n) is 2.63. The van der Waals surface area contributed by atoms with Gasteiger partial charge in [-0.05, 0) is 52.0 Å². The Labute approximate surface area is 143 Å². The van der Waals surface area contributed by atoms with Crippen LogP contribution in [0.25, 0.3) is 10.9 Å². The molecule has 4 heteroatoms. The number of fused-ring (bicyclic) bond motifs is 1. The van der Waals surface area contributed by atoms with Crippen LogP contribution in [0.4, 0.5) is 0 Å². The van der Waals surface area contributed by atoms with Crippen LogP contribution in [-0.2, 0) is 4.57 Å². The van der Waals surface area contributed by atoms with Crippen molar-refractivity contribution in [2.45, 2.75) is 32.9 Å². The van der Waals surface area contributed by atoms with Crippen molar-refractivity contribution >= 4 is 23.6 Å². The minimum Gasteiger partial charge on any atom is -0.437 e. The molecule has 0 fully saturated rings. The monoisotopic (exact) mass is 339 g/mol. The molecule has 2 aromatic carbocycles. The van der Waals surface area contributed by atoms with Gasteiger partial charge in [0.25, 0.3) is 7.37 Å². The molecule has 0 aliphatic heterocycles. The summed E-state index contributed by atoms with van der Waals surface area (Å²) in [5.41, 5.74) is 1.65. The fraction of sp³-hybridized carbons (Fsp3) is 0.250. The summed E-state index contributed by atoms with van der Waals surface area (Å²) in [6.07, 6.45) is 0. The average molecular weight is 339 g/mol.